The highest BCUT2D eigenvalue weighted by Gasteiger charge is 2.35. The monoisotopic (exact) mass is 370 g/mol. The van der Waals surface area contributed by atoms with E-state index >= 15 is 0 Å². The van der Waals surface area contributed by atoms with Gasteiger partial charge in [-0.2, -0.15) is 0 Å². The Morgan fingerprint density at radius 1 is 1.15 bits per heavy atom. The van der Waals surface area contributed by atoms with E-state index in [1.807, 2.05) is 36.2 Å². The summed E-state index contributed by atoms with van der Waals surface area (Å²) >= 11 is 0. The number of ether oxygens (including phenoxy) is 1. The molecule has 0 aromatic heterocycles. The normalized spacial score (nSPS) is 16.3. The first-order chi connectivity index (χ1) is 13.1. The summed E-state index contributed by atoms with van der Waals surface area (Å²) in [5, 5.41) is 3.07. The van der Waals surface area contributed by atoms with Gasteiger partial charge in [-0.25, -0.2) is 4.39 Å². The van der Waals surface area contributed by atoms with E-state index in [9.17, 15) is 9.18 Å². The fourth-order valence-electron chi connectivity index (χ4n) is 3.67. The zero-order valence-corrected chi connectivity index (χ0v) is 15.8. The number of hydrogen-bond donors (Lipinski definition) is 1. The number of nitrogens with zero attached hydrogens (tertiary/aromatic N) is 1. The van der Waals surface area contributed by atoms with Gasteiger partial charge in [-0.1, -0.05) is 42.5 Å². The van der Waals surface area contributed by atoms with Crippen molar-refractivity contribution in [3.63, 3.8) is 0 Å². The van der Waals surface area contributed by atoms with Crippen molar-refractivity contribution in [2.75, 3.05) is 33.4 Å². The van der Waals surface area contributed by atoms with Crippen molar-refractivity contribution < 1.29 is 13.9 Å². The highest BCUT2D eigenvalue weighted by molar-refractivity contribution is 5.78. The first-order valence-corrected chi connectivity index (χ1v) is 9.40. The molecule has 1 N–H and O–H groups in total. The van der Waals surface area contributed by atoms with Gasteiger partial charge in [0.05, 0.1) is 6.54 Å². The Morgan fingerprint density at radius 2 is 1.89 bits per heavy atom. The molecule has 5 heteroatoms. The van der Waals surface area contributed by atoms with E-state index in [0.717, 1.165) is 24.9 Å². The van der Waals surface area contributed by atoms with E-state index in [1.165, 1.54) is 11.6 Å². The van der Waals surface area contributed by atoms with E-state index in [-0.39, 0.29) is 17.1 Å². The molecule has 0 radical (unpaired) electrons. The Labute approximate surface area is 160 Å². The minimum Gasteiger partial charge on any atom is -0.381 e. The SMILES string of the molecule is CN(CC(=O)NCC1(c2cccc(F)c2)CCOCC1)Cc1ccccc1. The van der Waals surface area contributed by atoms with Crippen LogP contribution in [-0.4, -0.2) is 44.2 Å². The van der Waals surface area contributed by atoms with Crippen molar-refractivity contribution in [2.45, 2.75) is 24.8 Å². The summed E-state index contributed by atoms with van der Waals surface area (Å²) in [6, 6.07) is 16.8. The van der Waals surface area contributed by atoms with E-state index in [0.29, 0.717) is 26.3 Å². The Balaban J connectivity index is 1.59. The molecule has 1 fully saturated rings. The smallest absolute Gasteiger partial charge is 0.234 e. The lowest BCUT2D eigenvalue weighted by Gasteiger charge is -2.38. The van der Waals surface area contributed by atoms with Crippen LogP contribution in [0.3, 0.4) is 0 Å². The predicted molar refractivity (Wildman–Crippen MR) is 104 cm³/mol. The van der Waals surface area contributed by atoms with Gasteiger partial charge >= 0.3 is 0 Å². The van der Waals surface area contributed by atoms with Gasteiger partial charge in [-0.3, -0.25) is 9.69 Å². The number of carbonyl (C=O) groups excluding carboxylic acids is 1. The van der Waals surface area contributed by atoms with Crippen molar-refractivity contribution in [3.05, 3.63) is 71.5 Å². The van der Waals surface area contributed by atoms with Crippen LogP contribution in [0, 0.1) is 5.82 Å². The highest BCUT2D eigenvalue weighted by atomic mass is 19.1. The first kappa shape index (κ1) is 19.5. The van der Waals surface area contributed by atoms with E-state index in [2.05, 4.69) is 17.4 Å². The number of amides is 1. The molecular formula is C22H27FN2O2. The van der Waals surface area contributed by atoms with Crippen molar-refractivity contribution in [1.29, 1.82) is 0 Å². The van der Waals surface area contributed by atoms with Crippen LogP contribution in [0.25, 0.3) is 0 Å². The number of likely N-dealkylation sites (N-methyl/N-ethyl adjacent to an activating group) is 1. The molecule has 1 aliphatic heterocycles. The van der Waals surface area contributed by atoms with Crippen molar-refractivity contribution in [1.82, 2.24) is 10.2 Å². The Bertz CT molecular complexity index is 745. The molecule has 0 unspecified atom stereocenters. The van der Waals surface area contributed by atoms with Crippen molar-refractivity contribution in [2.24, 2.45) is 0 Å². The van der Waals surface area contributed by atoms with Crippen molar-refractivity contribution >= 4 is 5.91 Å². The van der Waals surface area contributed by atoms with E-state index < -0.39 is 0 Å². The van der Waals surface area contributed by atoms with E-state index in [4.69, 9.17) is 4.74 Å². The summed E-state index contributed by atoms with van der Waals surface area (Å²) in [6.07, 6.45) is 1.55. The molecule has 0 spiro atoms. The topological polar surface area (TPSA) is 41.6 Å². The molecule has 0 aliphatic carbocycles. The lowest BCUT2D eigenvalue weighted by Crippen LogP contribution is -2.46. The second kappa shape index (κ2) is 9.11. The zero-order chi connectivity index (χ0) is 19.1. The summed E-state index contributed by atoms with van der Waals surface area (Å²) in [5.41, 5.74) is 1.84. The third-order valence-electron chi connectivity index (χ3n) is 5.22. The molecule has 1 amide bonds. The van der Waals surface area contributed by atoms with Gasteiger partial charge in [-0.15, -0.1) is 0 Å². The van der Waals surface area contributed by atoms with Crippen LogP contribution < -0.4 is 5.32 Å². The van der Waals surface area contributed by atoms with Gasteiger partial charge < -0.3 is 10.1 Å². The third-order valence-corrected chi connectivity index (χ3v) is 5.22. The average molecular weight is 370 g/mol. The molecule has 0 saturated carbocycles. The number of nitrogens with one attached hydrogen (secondary N) is 1. The van der Waals surface area contributed by atoms with Gasteiger partial charge in [0.2, 0.25) is 5.91 Å². The maximum atomic E-state index is 13.7. The van der Waals surface area contributed by atoms with Gasteiger partial charge in [-0.05, 0) is 43.1 Å². The molecule has 144 valence electrons. The second-order valence-corrected chi connectivity index (χ2v) is 7.34. The van der Waals surface area contributed by atoms with Gasteiger partial charge in [0.25, 0.3) is 0 Å². The molecular weight excluding hydrogens is 343 g/mol. The second-order valence-electron chi connectivity index (χ2n) is 7.34. The number of halogens is 1. The maximum absolute atomic E-state index is 13.7. The lowest BCUT2D eigenvalue weighted by molar-refractivity contribution is -0.122. The van der Waals surface area contributed by atoms with Crippen LogP contribution >= 0.6 is 0 Å². The summed E-state index contributed by atoms with van der Waals surface area (Å²) < 4.78 is 19.2. The fraction of sp³-hybridized carbons (Fsp3) is 0.409. The van der Waals surface area contributed by atoms with Crippen LogP contribution in [0.15, 0.2) is 54.6 Å². The first-order valence-electron chi connectivity index (χ1n) is 9.40. The summed E-state index contributed by atoms with van der Waals surface area (Å²) in [5.74, 6) is -0.261. The number of carbonyl (C=O) groups is 1. The molecule has 1 saturated heterocycles. The van der Waals surface area contributed by atoms with Crippen LogP contribution in [0.1, 0.15) is 24.0 Å². The zero-order valence-electron chi connectivity index (χ0n) is 15.8. The number of hydrogen-bond acceptors (Lipinski definition) is 3. The highest BCUT2D eigenvalue weighted by Crippen LogP contribution is 2.34. The average Bonchev–Trinajstić information content (AvgIpc) is 2.68. The van der Waals surface area contributed by atoms with Gasteiger partial charge in [0.15, 0.2) is 0 Å². The third kappa shape index (κ3) is 5.37. The van der Waals surface area contributed by atoms with Crippen LogP contribution in [0.5, 0.6) is 0 Å². The van der Waals surface area contributed by atoms with Gasteiger partial charge in [0.1, 0.15) is 5.82 Å². The predicted octanol–water partition coefficient (Wildman–Crippen LogP) is 3.12. The van der Waals surface area contributed by atoms with Crippen LogP contribution in [0.2, 0.25) is 0 Å². The maximum Gasteiger partial charge on any atom is 0.234 e. The lowest BCUT2D eigenvalue weighted by atomic mass is 9.74. The Hall–Kier alpha value is -2.24. The minimum atomic E-state index is -0.270. The van der Waals surface area contributed by atoms with Gasteiger partial charge in [0, 0.05) is 31.7 Å². The Morgan fingerprint density at radius 3 is 2.59 bits per heavy atom. The molecule has 4 nitrogen and oxygen atoms in total. The molecule has 3 rings (SSSR count). The molecule has 27 heavy (non-hydrogen) atoms. The number of benzene rings is 2. The summed E-state index contributed by atoms with van der Waals surface area (Å²) in [7, 11) is 1.93. The summed E-state index contributed by atoms with van der Waals surface area (Å²) in [4.78, 5) is 14.5. The fourth-order valence-corrected chi connectivity index (χ4v) is 3.67. The molecule has 0 bridgehead atoms. The molecule has 1 aliphatic rings. The minimum absolute atomic E-state index is 0.0179. The summed E-state index contributed by atoms with van der Waals surface area (Å²) in [6.45, 7) is 2.79. The Kier molecular flexibility index (Phi) is 6.58. The standard InChI is InChI=1S/C22H27FN2O2/c1-25(15-18-6-3-2-4-7-18)16-21(26)24-17-22(10-12-27-13-11-22)19-8-5-9-20(23)14-19/h2-9,14H,10-13,15-17H2,1H3,(H,24,26). The quantitative estimate of drug-likeness (QED) is 0.814. The molecule has 2 aromatic rings. The molecule has 1 heterocycles. The van der Waals surface area contributed by atoms with Crippen LogP contribution in [0.4, 0.5) is 4.39 Å². The number of rotatable bonds is 7. The molecule has 2 aromatic carbocycles. The van der Waals surface area contributed by atoms with E-state index in [1.54, 1.807) is 12.1 Å². The van der Waals surface area contributed by atoms with Crippen molar-refractivity contribution in [3.8, 4) is 0 Å². The molecule has 0 atom stereocenters. The van der Waals surface area contributed by atoms with Crippen LogP contribution in [-0.2, 0) is 21.5 Å². The largest absolute Gasteiger partial charge is 0.381 e.